The van der Waals surface area contributed by atoms with E-state index in [1.165, 1.54) is 6.07 Å². The monoisotopic (exact) mass is 309 g/mol. The van der Waals surface area contributed by atoms with E-state index in [2.05, 4.69) is 15.1 Å². The first-order valence-electron chi connectivity index (χ1n) is 7.66. The fourth-order valence-electron chi connectivity index (χ4n) is 2.52. The number of carbonyl (C=O) groups is 1. The zero-order valence-electron chi connectivity index (χ0n) is 13.0. The number of amides is 1. The lowest BCUT2D eigenvalue weighted by Gasteiger charge is -2.33. The number of β-amino-alcohol motifs (C(OH)–C–C–N with tert-alkyl or cyclic N) is 1. The molecule has 0 bridgehead atoms. The molecule has 1 fully saturated rings. The average Bonchev–Trinajstić information content (AvgIpc) is 2.51. The summed E-state index contributed by atoms with van der Waals surface area (Å²) in [5.41, 5.74) is 1.38. The molecule has 22 heavy (non-hydrogen) atoms. The molecular formula is C16H24FN3O2. The highest BCUT2D eigenvalue weighted by atomic mass is 19.1. The van der Waals surface area contributed by atoms with Gasteiger partial charge in [0, 0.05) is 39.3 Å². The van der Waals surface area contributed by atoms with Gasteiger partial charge in [0.25, 0.3) is 0 Å². The van der Waals surface area contributed by atoms with E-state index in [4.69, 9.17) is 5.11 Å². The number of hydrogen-bond acceptors (Lipinski definition) is 4. The molecule has 1 aromatic carbocycles. The minimum absolute atomic E-state index is 0.0448. The number of nitrogens with zero attached hydrogens (tertiary/aromatic N) is 2. The fourth-order valence-corrected chi connectivity index (χ4v) is 2.52. The van der Waals surface area contributed by atoms with Gasteiger partial charge in [-0.3, -0.25) is 14.6 Å². The number of benzene rings is 1. The number of carbonyl (C=O) groups excluding carboxylic acids is 1. The molecule has 122 valence electrons. The van der Waals surface area contributed by atoms with Crippen molar-refractivity contribution in [3.05, 3.63) is 35.1 Å². The quantitative estimate of drug-likeness (QED) is 0.797. The van der Waals surface area contributed by atoms with Crippen LogP contribution in [0.4, 0.5) is 4.39 Å². The molecule has 0 atom stereocenters. The molecule has 2 rings (SSSR count). The van der Waals surface area contributed by atoms with Crippen LogP contribution in [0.15, 0.2) is 18.2 Å². The summed E-state index contributed by atoms with van der Waals surface area (Å²) in [6.07, 6.45) is 0. The Bertz CT molecular complexity index is 502. The standard InChI is InChI=1S/C16H24FN3O2/c1-13-2-3-14(10-15(13)17)11-18-16(22)12-20-6-4-19(5-7-20)8-9-21/h2-3,10,21H,4-9,11-12H2,1H3,(H,18,22). The SMILES string of the molecule is Cc1ccc(CNC(=O)CN2CCN(CCO)CC2)cc1F. The first-order valence-corrected chi connectivity index (χ1v) is 7.66. The number of hydrogen-bond donors (Lipinski definition) is 2. The van der Waals surface area contributed by atoms with Crippen LogP contribution in [0.2, 0.25) is 0 Å². The molecule has 1 aliphatic rings. The zero-order chi connectivity index (χ0) is 15.9. The molecule has 1 amide bonds. The van der Waals surface area contributed by atoms with Crippen molar-refractivity contribution < 1.29 is 14.3 Å². The number of nitrogens with one attached hydrogen (secondary N) is 1. The average molecular weight is 309 g/mol. The van der Waals surface area contributed by atoms with Crippen LogP contribution in [-0.4, -0.2) is 66.7 Å². The van der Waals surface area contributed by atoms with E-state index >= 15 is 0 Å². The fraction of sp³-hybridized carbons (Fsp3) is 0.562. The van der Waals surface area contributed by atoms with Crippen LogP contribution < -0.4 is 5.32 Å². The Balaban J connectivity index is 1.71. The van der Waals surface area contributed by atoms with Crippen molar-refractivity contribution in [1.29, 1.82) is 0 Å². The molecule has 0 saturated carbocycles. The summed E-state index contributed by atoms with van der Waals surface area (Å²) in [7, 11) is 0. The second-order valence-corrected chi connectivity index (χ2v) is 5.70. The predicted octanol–water partition coefficient (Wildman–Crippen LogP) is 0.360. The van der Waals surface area contributed by atoms with Gasteiger partial charge in [-0.25, -0.2) is 4.39 Å². The number of aliphatic hydroxyl groups excluding tert-OH is 1. The van der Waals surface area contributed by atoms with E-state index in [0.29, 0.717) is 25.2 Å². The van der Waals surface area contributed by atoms with Crippen LogP contribution in [0.5, 0.6) is 0 Å². The molecule has 0 aliphatic carbocycles. The number of rotatable bonds is 6. The smallest absolute Gasteiger partial charge is 0.234 e. The molecule has 0 radical (unpaired) electrons. The summed E-state index contributed by atoms with van der Waals surface area (Å²) in [6.45, 7) is 6.69. The molecule has 1 heterocycles. The summed E-state index contributed by atoms with van der Waals surface area (Å²) in [5.74, 6) is -0.289. The molecule has 1 aliphatic heterocycles. The van der Waals surface area contributed by atoms with Crippen molar-refractivity contribution in [3.63, 3.8) is 0 Å². The van der Waals surface area contributed by atoms with Crippen LogP contribution in [0, 0.1) is 12.7 Å². The van der Waals surface area contributed by atoms with Gasteiger partial charge < -0.3 is 10.4 Å². The van der Waals surface area contributed by atoms with Gasteiger partial charge in [-0.1, -0.05) is 12.1 Å². The number of halogens is 1. The highest BCUT2D eigenvalue weighted by Crippen LogP contribution is 2.09. The Morgan fingerprint density at radius 2 is 1.95 bits per heavy atom. The topological polar surface area (TPSA) is 55.8 Å². The van der Waals surface area contributed by atoms with Crippen molar-refractivity contribution in [1.82, 2.24) is 15.1 Å². The first kappa shape index (κ1) is 16.9. The molecule has 1 aromatic rings. The molecule has 6 heteroatoms. The van der Waals surface area contributed by atoms with Gasteiger partial charge in [0.2, 0.25) is 5.91 Å². The van der Waals surface area contributed by atoms with Crippen molar-refractivity contribution in [2.75, 3.05) is 45.9 Å². The summed E-state index contributed by atoms with van der Waals surface area (Å²) in [5, 5.41) is 11.7. The molecular weight excluding hydrogens is 285 g/mol. The van der Waals surface area contributed by atoms with Crippen LogP contribution in [0.25, 0.3) is 0 Å². The summed E-state index contributed by atoms with van der Waals surface area (Å²) >= 11 is 0. The number of aryl methyl sites for hydroxylation is 1. The van der Waals surface area contributed by atoms with Gasteiger partial charge in [-0.2, -0.15) is 0 Å². The van der Waals surface area contributed by atoms with Crippen molar-refractivity contribution in [3.8, 4) is 0 Å². The Kier molecular flexibility index (Phi) is 6.30. The van der Waals surface area contributed by atoms with Gasteiger partial charge in [0.15, 0.2) is 0 Å². The molecule has 2 N–H and O–H groups in total. The van der Waals surface area contributed by atoms with Crippen LogP contribution in [-0.2, 0) is 11.3 Å². The van der Waals surface area contributed by atoms with E-state index in [1.54, 1.807) is 13.0 Å². The molecule has 0 unspecified atom stereocenters. The van der Waals surface area contributed by atoms with E-state index < -0.39 is 0 Å². The van der Waals surface area contributed by atoms with Gasteiger partial charge in [-0.15, -0.1) is 0 Å². The maximum absolute atomic E-state index is 13.4. The lowest BCUT2D eigenvalue weighted by molar-refractivity contribution is -0.122. The second-order valence-electron chi connectivity index (χ2n) is 5.70. The minimum Gasteiger partial charge on any atom is -0.395 e. The van der Waals surface area contributed by atoms with Gasteiger partial charge in [0.05, 0.1) is 13.2 Å². The predicted molar refractivity (Wildman–Crippen MR) is 82.9 cm³/mol. The van der Waals surface area contributed by atoms with Crippen molar-refractivity contribution in [2.45, 2.75) is 13.5 Å². The van der Waals surface area contributed by atoms with Crippen LogP contribution in [0.3, 0.4) is 0 Å². The minimum atomic E-state index is -0.244. The molecule has 5 nitrogen and oxygen atoms in total. The summed E-state index contributed by atoms with van der Waals surface area (Å²) in [4.78, 5) is 16.2. The Labute approximate surface area is 130 Å². The summed E-state index contributed by atoms with van der Waals surface area (Å²) < 4.78 is 13.4. The highest BCUT2D eigenvalue weighted by molar-refractivity contribution is 5.78. The number of aliphatic hydroxyl groups is 1. The third kappa shape index (κ3) is 5.05. The van der Waals surface area contributed by atoms with E-state index in [1.807, 2.05) is 6.07 Å². The lowest BCUT2D eigenvalue weighted by Crippen LogP contribution is -2.49. The Morgan fingerprint density at radius 3 is 2.59 bits per heavy atom. The van der Waals surface area contributed by atoms with Gasteiger partial charge in [0.1, 0.15) is 5.82 Å². The number of piperazine rings is 1. The van der Waals surface area contributed by atoms with E-state index in [-0.39, 0.29) is 18.3 Å². The largest absolute Gasteiger partial charge is 0.395 e. The van der Waals surface area contributed by atoms with Gasteiger partial charge >= 0.3 is 0 Å². The Morgan fingerprint density at radius 1 is 1.27 bits per heavy atom. The molecule has 0 aromatic heterocycles. The van der Waals surface area contributed by atoms with Gasteiger partial charge in [-0.05, 0) is 24.1 Å². The normalized spacial score (nSPS) is 16.7. The lowest BCUT2D eigenvalue weighted by atomic mass is 10.1. The summed E-state index contributed by atoms with van der Waals surface area (Å²) in [6, 6.07) is 5.01. The zero-order valence-corrected chi connectivity index (χ0v) is 13.0. The molecule has 1 saturated heterocycles. The molecule has 0 spiro atoms. The maximum atomic E-state index is 13.4. The van der Waals surface area contributed by atoms with E-state index in [9.17, 15) is 9.18 Å². The van der Waals surface area contributed by atoms with Crippen molar-refractivity contribution in [2.24, 2.45) is 0 Å². The van der Waals surface area contributed by atoms with E-state index in [0.717, 1.165) is 31.7 Å². The Hall–Kier alpha value is -1.50. The third-order valence-electron chi connectivity index (χ3n) is 3.97. The van der Waals surface area contributed by atoms with Crippen LogP contribution >= 0.6 is 0 Å². The third-order valence-corrected chi connectivity index (χ3v) is 3.97. The van der Waals surface area contributed by atoms with Crippen LogP contribution in [0.1, 0.15) is 11.1 Å². The second kappa shape index (κ2) is 8.22. The maximum Gasteiger partial charge on any atom is 0.234 e. The highest BCUT2D eigenvalue weighted by Gasteiger charge is 2.18. The van der Waals surface area contributed by atoms with Crippen molar-refractivity contribution >= 4 is 5.91 Å². The first-order chi connectivity index (χ1) is 10.6.